The van der Waals surface area contributed by atoms with E-state index in [4.69, 9.17) is 0 Å². The molecule has 1 aliphatic rings. The fourth-order valence-electron chi connectivity index (χ4n) is 2.22. The molecule has 1 aliphatic carbocycles. The number of aromatic nitrogens is 2. The van der Waals surface area contributed by atoms with Crippen LogP contribution in [-0.2, 0) is 6.54 Å². The Kier molecular flexibility index (Phi) is 2.42. The summed E-state index contributed by atoms with van der Waals surface area (Å²) in [6.07, 6.45) is 5.16. The lowest BCUT2D eigenvalue weighted by molar-refractivity contribution is 0.273. The van der Waals surface area contributed by atoms with Crippen molar-refractivity contribution < 1.29 is 4.39 Å². The maximum Gasteiger partial charge on any atom is 0.261 e. The van der Waals surface area contributed by atoms with Gasteiger partial charge < -0.3 is 0 Å². The highest BCUT2D eigenvalue weighted by Crippen LogP contribution is 2.27. The minimum atomic E-state index is -0.360. The molecule has 17 heavy (non-hydrogen) atoms. The SMILES string of the molecule is O=c1c2ccc(F)cc2ncn1CC1CCC1. The predicted octanol–water partition coefficient (Wildman–Crippen LogP) is 2.34. The highest BCUT2D eigenvalue weighted by atomic mass is 19.1. The number of benzene rings is 1. The molecule has 0 unspecified atom stereocenters. The van der Waals surface area contributed by atoms with Gasteiger partial charge in [-0.15, -0.1) is 0 Å². The van der Waals surface area contributed by atoms with Gasteiger partial charge in [-0.05, 0) is 30.9 Å². The van der Waals surface area contributed by atoms with E-state index in [9.17, 15) is 9.18 Å². The van der Waals surface area contributed by atoms with E-state index < -0.39 is 0 Å². The Bertz CT molecular complexity index is 616. The molecule has 0 radical (unpaired) electrons. The Hall–Kier alpha value is -1.71. The normalized spacial score (nSPS) is 16.1. The summed E-state index contributed by atoms with van der Waals surface area (Å²) in [7, 11) is 0. The van der Waals surface area contributed by atoms with Gasteiger partial charge in [0.2, 0.25) is 0 Å². The van der Waals surface area contributed by atoms with Crippen LogP contribution in [0.15, 0.2) is 29.3 Å². The van der Waals surface area contributed by atoms with E-state index in [1.165, 1.54) is 43.8 Å². The van der Waals surface area contributed by atoms with Crippen LogP contribution < -0.4 is 5.56 Å². The maximum absolute atomic E-state index is 13.0. The van der Waals surface area contributed by atoms with E-state index >= 15 is 0 Å². The van der Waals surface area contributed by atoms with Crippen LogP contribution in [0, 0.1) is 11.7 Å². The molecule has 3 nitrogen and oxygen atoms in total. The van der Waals surface area contributed by atoms with Crippen LogP contribution in [0.1, 0.15) is 19.3 Å². The molecular formula is C13H13FN2O. The first kappa shape index (κ1) is 10.4. The summed E-state index contributed by atoms with van der Waals surface area (Å²) in [6.45, 7) is 0.735. The van der Waals surface area contributed by atoms with Crippen LogP contribution in [0.5, 0.6) is 0 Å². The highest BCUT2D eigenvalue weighted by Gasteiger charge is 2.18. The summed E-state index contributed by atoms with van der Waals surface area (Å²) in [6, 6.07) is 4.11. The van der Waals surface area contributed by atoms with Gasteiger partial charge in [-0.2, -0.15) is 0 Å². The molecule has 1 aromatic carbocycles. The lowest BCUT2D eigenvalue weighted by Crippen LogP contribution is -2.27. The fourth-order valence-corrected chi connectivity index (χ4v) is 2.22. The number of nitrogens with zero attached hydrogens (tertiary/aromatic N) is 2. The van der Waals surface area contributed by atoms with E-state index in [0.717, 1.165) is 6.54 Å². The van der Waals surface area contributed by atoms with E-state index in [1.807, 2.05) is 0 Å². The number of hydrogen-bond donors (Lipinski definition) is 0. The van der Waals surface area contributed by atoms with Crippen molar-refractivity contribution in [3.8, 4) is 0 Å². The standard InChI is InChI=1S/C13H13FN2O/c14-10-4-5-11-12(6-10)15-8-16(13(11)17)7-9-2-1-3-9/h4-6,8-9H,1-3,7H2. The van der Waals surface area contributed by atoms with Crippen molar-refractivity contribution in [2.75, 3.05) is 0 Å². The van der Waals surface area contributed by atoms with Crippen LogP contribution in [0.25, 0.3) is 10.9 Å². The summed E-state index contributed by atoms with van der Waals surface area (Å²) in [5, 5.41) is 0.494. The molecular weight excluding hydrogens is 219 g/mol. The monoisotopic (exact) mass is 232 g/mol. The molecule has 0 aliphatic heterocycles. The van der Waals surface area contributed by atoms with E-state index in [-0.39, 0.29) is 11.4 Å². The Morgan fingerprint density at radius 1 is 1.41 bits per heavy atom. The van der Waals surface area contributed by atoms with Crippen molar-refractivity contribution in [1.29, 1.82) is 0 Å². The van der Waals surface area contributed by atoms with Crippen molar-refractivity contribution >= 4 is 10.9 Å². The quantitative estimate of drug-likeness (QED) is 0.796. The Labute approximate surface area is 97.9 Å². The maximum atomic E-state index is 13.0. The van der Waals surface area contributed by atoms with Gasteiger partial charge in [-0.25, -0.2) is 9.37 Å². The molecule has 0 atom stereocenters. The van der Waals surface area contributed by atoms with Crippen molar-refractivity contribution in [2.45, 2.75) is 25.8 Å². The lowest BCUT2D eigenvalue weighted by Gasteiger charge is -2.25. The fraction of sp³-hybridized carbons (Fsp3) is 0.385. The Balaban J connectivity index is 2.05. The summed E-state index contributed by atoms with van der Waals surface area (Å²) in [5.74, 6) is 0.244. The molecule has 88 valence electrons. The predicted molar refractivity (Wildman–Crippen MR) is 63.3 cm³/mol. The van der Waals surface area contributed by atoms with Crippen molar-refractivity contribution in [2.24, 2.45) is 5.92 Å². The van der Waals surface area contributed by atoms with Crippen molar-refractivity contribution in [3.63, 3.8) is 0 Å². The summed E-state index contributed by atoms with van der Waals surface area (Å²) < 4.78 is 14.6. The smallest absolute Gasteiger partial charge is 0.261 e. The van der Waals surface area contributed by atoms with E-state index in [1.54, 1.807) is 4.57 Å². The molecule has 2 aromatic rings. The van der Waals surface area contributed by atoms with Gasteiger partial charge in [-0.3, -0.25) is 9.36 Å². The van der Waals surface area contributed by atoms with Crippen molar-refractivity contribution in [3.05, 3.63) is 40.7 Å². The van der Waals surface area contributed by atoms with Crippen molar-refractivity contribution in [1.82, 2.24) is 9.55 Å². The summed E-state index contributed by atoms with van der Waals surface area (Å²) in [5.41, 5.74) is 0.363. The molecule has 0 amide bonds. The van der Waals surface area contributed by atoms with Crippen LogP contribution in [0.3, 0.4) is 0 Å². The molecule has 4 heteroatoms. The first-order valence-corrected chi connectivity index (χ1v) is 5.89. The van der Waals surface area contributed by atoms with E-state index in [2.05, 4.69) is 4.98 Å². The lowest BCUT2D eigenvalue weighted by atomic mass is 9.85. The van der Waals surface area contributed by atoms with Gasteiger partial charge in [0.15, 0.2) is 0 Å². The second kappa shape index (κ2) is 3.95. The Morgan fingerprint density at radius 2 is 2.24 bits per heavy atom. The second-order valence-corrected chi connectivity index (χ2v) is 4.66. The van der Waals surface area contributed by atoms with E-state index in [0.29, 0.717) is 16.8 Å². The Morgan fingerprint density at radius 3 is 2.94 bits per heavy atom. The molecule has 1 aromatic heterocycles. The number of halogens is 1. The molecule has 1 fully saturated rings. The third-order valence-electron chi connectivity index (χ3n) is 3.47. The molecule has 0 saturated heterocycles. The minimum Gasteiger partial charge on any atom is -0.298 e. The average Bonchev–Trinajstić information content (AvgIpc) is 2.25. The molecule has 0 spiro atoms. The summed E-state index contributed by atoms with van der Waals surface area (Å²) in [4.78, 5) is 16.3. The van der Waals surface area contributed by atoms with Crippen LogP contribution in [0.4, 0.5) is 4.39 Å². The van der Waals surface area contributed by atoms with Gasteiger partial charge in [0.1, 0.15) is 5.82 Å². The number of fused-ring (bicyclic) bond motifs is 1. The van der Waals surface area contributed by atoms with Gasteiger partial charge in [0, 0.05) is 12.6 Å². The third kappa shape index (κ3) is 1.84. The first-order valence-electron chi connectivity index (χ1n) is 5.89. The molecule has 1 heterocycles. The molecule has 3 rings (SSSR count). The van der Waals surface area contributed by atoms with Crippen LogP contribution >= 0.6 is 0 Å². The van der Waals surface area contributed by atoms with Gasteiger partial charge >= 0.3 is 0 Å². The van der Waals surface area contributed by atoms with Crippen LogP contribution in [-0.4, -0.2) is 9.55 Å². The molecule has 1 saturated carbocycles. The minimum absolute atomic E-state index is 0.0677. The number of rotatable bonds is 2. The molecule has 0 bridgehead atoms. The molecule has 0 N–H and O–H groups in total. The third-order valence-corrected chi connectivity index (χ3v) is 3.47. The average molecular weight is 232 g/mol. The van der Waals surface area contributed by atoms with Gasteiger partial charge in [-0.1, -0.05) is 6.42 Å². The second-order valence-electron chi connectivity index (χ2n) is 4.66. The first-order chi connectivity index (χ1) is 8.24. The van der Waals surface area contributed by atoms with Gasteiger partial charge in [0.25, 0.3) is 5.56 Å². The summed E-state index contributed by atoms with van der Waals surface area (Å²) >= 11 is 0. The largest absolute Gasteiger partial charge is 0.298 e. The zero-order valence-electron chi connectivity index (χ0n) is 9.40. The van der Waals surface area contributed by atoms with Crippen LogP contribution in [0.2, 0.25) is 0 Å². The zero-order valence-corrected chi connectivity index (χ0v) is 9.40. The topological polar surface area (TPSA) is 34.9 Å². The number of hydrogen-bond acceptors (Lipinski definition) is 2. The van der Waals surface area contributed by atoms with Gasteiger partial charge in [0.05, 0.1) is 17.2 Å². The highest BCUT2D eigenvalue weighted by molar-refractivity contribution is 5.77. The zero-order chi connectivity index (χ0) is 11.8.